The van der Waals surface area contributed by atoms with E-state index in [0.29, 0.717) is 56.8 Å². The number of aromatic nitrogens is 6. The van der Waals surface area contributed by atoms with Gasteiger partial charge in [0.05, 0.1) is 94.1 Å². The number of rotatable bonds is 5. The van der Waals surface area contributed by atoms with Crippen LogP contribution in [-0.4, -0.2) is 74.0 Å². The van der Waals surface area contributed by atoms with E-state index in [2.05, 4.69) is 51.2 Å². The number of nitrogens with one attached hydrogen (secondary N) is 1. The third-order valence-corrected chi connectivity index (χ3v) is 13.6. The lowest BCUT2D eigenvalue weighted by molar-refractivity contribution is 0.00578. The van der Waals surface area contributed by atoms with Crippen molar-refractivity contribution in [3.63, 3.8) is 0 Å². The number of nitrogens with two attached hydrogens (primary N) is 2. The molecule has 1 fully saturated rings. The summed E-state index contributed by atoms with van der Waals surface area (Å²) in [5.41, 5.74) is 16.4. The van der Waals surface area contributed by atoms with E-state index in [9.17, 15) is 13.6 Å². The summed E-state index contributed by atoms with van der Waals surface area (Å²) >= 11 is 21.7. The van der Waals surface area contributed by atoms with Crippen molar-refractivity contribution in [2.75, 3.05) is 36.6 Å². The van der Waals surface area contributed by atoms with Gasteiger partial charge in [-0.05, 0) is 103 Å². The lowest BCUT2D eigenvalue weighted by atomic mass is 9.85. The van der Waals surface area contributed by atoms with E-state index in [0.717, 1.165) is 82.1 Å². The molecule has 71 heavy (non-hydrogen) atoms. The molecule has 0 radical (unpaired) electrons. The molecule has 7 aromatic rings. The number of amides is 1. The van der Waals surface area contributed by atoms with Crippen LogP contribution in [0, 0.1) is 11.6 Å². The predicted octanol–water partition coefficient (Wildman–Crippen LogP) is 9.97. The van der Waals surface area contributed by atoms with Gasteiger partial charge in [0, 0.05) is 47.1 Å². The average molecular weight is 1090 g/mol. The second-order valence-electron chi connectivity index (χ2n) is 17.2. The highest BCUT2D eigenvalue weighted by Crippen LogP contribution is 2.39. The first-order valence-corrected chi connectivity index (χ1v) is 23.9. The fourth-order valence-electron chi connectivity index (χ4n) is 7.30. The summed E-state index contributed by atoms with van der Waals surface area (Å²) < 4.78 is 56.2. The molecule has 5 N–H and O–H groups in total. The van der Waals surface area contributed by atoms with E-state index in [1.165, 1.54) is 36.4 Å². The van der Waals surface area contributed by atoms with Crippen molar-refractivity contribution in [1.82, 2.24) is 29.9 Å². The van der Waals surface area contributed by atoms with Crippen LogP contribution in [0.3, 0.4) is 0 Å². The van der Waals surface area contributed by atoms with E-state index < -0.39 is 30.2 Å². The Bertz CT molecular complexity index is 3030. The Hall–Kier alpha value is -6.22. The van der Waals surface area contributed by atoms with Gasteiger partial charge in [-0.3, -0.25) is 19.7 Å². The van der Waals surface area contributed by atoms with Gasteiger partial charge >= 0.3 is 7.12 Å². The molecule has 0 atom stereocenters. The third-order valence-electron chi connectivity index (χ3n) is 11.8. The zero-order valence-electron chi connectivity index (χ0n) is 38.5. The molecule has 4 aliphatic rings. The third kappa shape index (κ3) is 11.9. The van der Waals surface area contributed by atoms with Gasteiger partial charge < -0.3 is 40.3 Å². The van der Waals surface area contributed by atoms with Crippen molar-refractivity contribution < 1.29 is 37.1 Å². The molecule has 7 heterocycles. The molecule has 4 aliphatic heterocycles. The van der Waals surface area contributed by atoms with Crippen molar-refractivity contribution >= 4 is 86.8 Å². The minimum Gasteiger partial charge on any atom is -0.493 e. The second kappa shape index (κ2) is 21.6. The van der Waals surface area contributed by atoms with Crippen LogP contribution >= 0.6 is 50.7 Å². The van der Waals surface area contributed by atoms with Gasteiger partial charge in [-0.2, -0.15) is 0 Å². The molecule has 0 unspecified atom stereocenters. The Morgan fingerprint density at radius 1 is 0.634 bits per heavy atom. The molecular formula is C49H44BBrCl3F2N9O6. The molecule has 0 saturated carbocycles. The number of anilines is 3. The lowest BCUT2D eigenvalue weighted by Crippen LogP contribution is -2.41. The van der Waals surface area contributed by atoms with Crippen molar-refractivity contribution in [1.29, 1.82) is 0 Å². The van der Waals surface area contributed by atoms with Gasteiger partial charge in [0.1, 0.15) is 46.1 Å². The summed E-state index contributed by atoms with van der Waals surface area (Å²) in [6.45, 7) is 10.1. The van der Waals surface area contributed by atoms with Gasteiger partial charge in [-0.1, -0.05) is 40.9 Å². The predicted molar refractivity (Wildman–Crippen MR) is 273 cm³/mol. The first kappa shape index (κ1) is 51.1. The van der Waals surface area contributed by atoms with Crippen molar-refractivity contribution in [2.24, 2.45) is 0 Å². The zero-order chi connectivity index (χ0) is 50.6. The van der Waals surface area contributed by atoms with Gasteiger partial charge in [-0.25, -0.2) is 23.7 Å². The maximum Gasteiger partial charge on any atom is 0.516 e. The molecule has 1 amide bonds. The van der Waals surface area contributed by atoms with Crippen LogP contribution < -0.4 is 36.6 Å². The standard InChI is InChI=1S/C19H12ClF2N3O2.C12H10ClN3O.C10H16BN3O2.C8H6BrClO/c20-12-7-16-10(4-5-27-16)6-11(12)15-8-24-17(9-23-15)25-19(26)18-13(21)2-1-3-14(18)22;13-9-4-11-7(1-2-17-11)3-8(9)10-5-16-12(14)6-15-10;1-9(2)10(3,4)16-11(15-9)7-5-14-8(12)6-13-7;9-6-3-5-1-2-11-8(5)4-7(6)10/h1-3,6-9H,4-5H2,(H,24,25,26);3-6H,1-2H2,(H2,14,16);5-6H,1-4H3,(H2,12,14);3-4H,1-2H2. The summed E-state index contributed by atoms with van der Waals surface area (Å²) in [7, 11) is -0.474. The summed E-state index contributed by atoms with van der Waals surface area (Å²) in [6, 6.07) is 14.5. The Kier molecular flexibility index (Phi) is 15.6. The van der Waals surface area contributed by atoms with Crippen molar-refractivity contribution in [3.8, 4) is 39.8 Å². The Balaban J connectivity index is 0.000000134. The number of halogens is 6. The van der Waals surface area contributed by atoms with Gasteiger partial charge in [-0.15, -0.1) is 0 Å². The van der Waals surface area contributed by atoms with E-state index in [-0.39, 0.29) is 17.0 Å². The molecule has 1 saturated heterocycles. The number of hydrogen-bond donors (Lipinski definition) is 3. The molecule has 366 valence electrons. The number of nitrogen functional groups attached to an aromatic ring is 2. The minimum absolute atomic E-state index is 0.0621. The minimum atomic E-state index is -0.954. The summed E-state index contributed by atoms with van der Waals surface area (Å²) in [5, 5.41) is 4.13. The second-order valence-corrected chi connectivity index (χ2v) is 19.2. The molecule has 15 nitrogen and oxygen atoms in total. The average Bonchev–Trinajstić information content (AvgIpc) is 4.14. The van der Waals surface area contributed by atoms with E-state index in [4.69, 9.17) is 69.8 Å². The van der Waals surface area contributed by atoms with E-state index in [1.807, 2.05) is 58.0 Å². The first-order chi connectivity index (χ1) is 33.9. The number of fused-ring (bicyclic) bond motifs is 3. The molecule has 4 aromatic carbocycles. The summed E-state index contributed by atoms with van der Waals surface area (Å²) in [6.07, 6.45) is 11.6. The molecule has 11 rings (SSSR count). The lowest BCUT2D eigenvalue weighted by Gasteiger charge is -2.32. The van der Waals surface area contributed by atoms with Crippen LogP contribution in [0.15, 0.2) is 96.3 Å². The van der Waals surface area contributed by atoms with Crippen LogP contribution in [0.25, 0.3) is 22.5 Å². The first-order valence-electron chi connectivity index (χ1n) is 22.0. The number of benzene rings is 4. The highest BCUT2D eigenvalue weighted by molar-refractivity contribution is 9.10. The monoisotopic (exact) mass is 1090 g/mol. The molecular weight excluding hydrogens is 1050 g/mol. The van der Waals surface area contributed by atoms with Crippen molar-refractivity contribution in [2.45, 2.75) is 58.2 Å². The number of carbonyl (C=O) groups is 1. The Morgan fingerprint density at radius 2 is 1.10 bits per heavy atom. The highest BCUT2D eigenvalue weighted by Gasteiger charge is 2.52. The van der Waals surface area contributed by atoms with Crippen LogP contribution in [0.4, 0.5) is 26.2 Å². The fraction of sp³-hybridized carbons (Fsp3) is 0.245. The van der Waals surface area contributed by atoms with Gasteiger partial charge in [0.2, 0.25) is 0 Å². The van der Waals surface area contributed by atoms with E-state index in [1.54, 1.807) is 18.5 Å². The highest BCUT2D eigenvalue weighted by atomic mass is 79.9. The maximum absolute atomic E-state index is 13.7. The van der Waals surface area contributed by atoms with Gasteiger partial charge in [0.25, 0.3) is 5.91 Å². The summed E-state index contributed by atoms with van der Waals surface area (Å²) in [4.78, 5) is 36.8. The van der Waals surface area contributed by atoms with Crippen LogP contribution in [0.2, 0.25) is 15.1 Å². The number of carbonyl (C=O) groups excluding carboxylic acids is 1. The zero-order valence-corrected chi connectivity index (χ0v) is 42.4. The quantitative estimate of drug-likeness (QED) is 0.137. The molecule has 22 heteroatoms. The molecule has 0 bridgehead atoms. The molecule has 0 aliphatic carbocycles. The normalized spacial score (nSPS) is 15.2. The van der Waals surface area contributed by atoms with E-state index >= 15 is 0 Å². The molecule has 0 spiro atoms. The number of ether oxygens (including phenoxy) is 3. The Morgan fingerprint density at radius 3 is 1.56 bits per heavy atom. The van der Waals surface area contributed by atoms with Crippen LogP contribution in [0.1, 0.15) is 54.7 Å². The maximum atomic E-state index is 13.7. The largest absolute Gasteiger partial charge is 0.516 e. The van der Waals surface area contributed by atoms with Crippen LogP contribution in [0.5, 0.6) is 17.2 Å². The topological polar surface area (TPSA) is 205 Å². The smallest absolute Gasteiger partial charge is 0.493 e. The van der Waals surface area contributed by atoms with Gasteiger partial charge in [0.15, 0.2) is 5.82 Å². The Labute approximate surface area is 431 Å². The van der Waals surface area contributed by atoms with Crippen molar-refractivity contribution in [3.05, 3.63) is 145 Å². The number of hydrogen-bond acceptors (Lipinski definition) is 14. The fourth-order valence-corrected chi connectivity index (χ4v) is 8.35. The number of nitrogens with zero attached hydrogens (tertiary/aromatic N) is 6. The SMILES string of the molecule is CC1(C)OB(c2cnc(N)cn2)OC1(C)C.Clc1cc2c(cc1Br)CCO2.Nc1cnc(-c2cc3c(cc2Cl)OCC3)cn1.O=C(Nc1cnc(-c2cc3c(cc2Cl)OCC3)cn1)c1c(F)cccc1F. The molecule has 3 aromatic heterocycles. The van der Waals surface area contributed by atoms with Crippen LogP contribution in [-0.2, 0) is 28.6 Å². The summed E-state index contributed by atoms with van der Waals surface area (Å²) in [5.74, 6) is 0.545.